The van der Waals surface area contributed by atoms with Gasteiger partial charge in [-0.05, 0) is 17.7 Å². The van der Waals surface area contributed by atoms with Crippen LogP contribution in [0.1, 0.15) is 11.3 Å². The normalized spacial score (nSPS) is 10.4. The minimum Gasteiger partial charge on any atom is -0.369 e. The molecule has 0 fully saturated rings. The van der Waals surface area contributed by atoms with Crippen molar-refractivity contribution in [2.75, 3.05) is 5.32 Å². The summed E-state index contributed by atoms with van der Waals surface area (Å²) >= 11 is 13.0. The Hall–Kier alpha value is -1.63. The topological polar surface area (TPSA) is 85.1 Å². The highest BCUT2D eigenvalue weighted by Crippen LogP contribution is 2.22. The van der Waals surface area contributed by atoms with Gasteiger partial charge in [-0.2, -0.15) is 0 Å². The number of nitrogens with two attached hydrogens (primary N) is 1. The second kappa shape index (κ2) is 6.89. The highest BCUT2D eigenvalue weighted by atomic mass is 35.5. The van der Waals surface area contributed by atoms with Crippen molar-refractivity contribution in [2.24, 2.45) is 5.73 Å². The summed E-state index contributed by atoms with van der Waals surface area (Å²) in [5, 5.41) is 5.70. The third-order valence-corrected chi connectivity index (χ3v) is 3.91. The van der Waals surface area contributed by atoms with E-state index in [1.54, 1.807) is 23.6 Å². The van der Waals surface area contributed by atoms with E-state index < -0.39 is 5.91 Å². The van der Waals surface area contributed by atoms with E-state index in [0.29, 0.717) is 26.4 Å². The number of nitrogens with one attached hydrogen (secondary N) is 1. The minimum atomic E-state index is -0.467. The molecule has 0 spiro atoms. The standard InChI is InChI=1S/C13H11Cl2N3O2S/c14-8-2-1-7(10(15)4-8)3-12(20)18-13-17-9(6-21-13)5-11(16)19/h1-2,4,6H,3,5H2,(H2,16,19)(H,17,18,20). The Morgan fingerprint density at radius 3 is 2.71 bits per heavy atom. The molecule has 0 radical (unpaired) electrons. The number of benzene rings is 1. The van der Waals surface area contributed by atoms with Gasteiger partial charge in [-0.25, -0.2) is 4.98 Å². The number of nitrogens with zero attached hydrogens (tertiary/aromatic N) is 1. The lowest BCUT2D eigenvalue weighted by Gasteiger charge is -2.04. The van der Waals surface area contributed by atoms with Crippen molar-refractivity contribution in [2.45, 2.75) is 12.8 Å². The number of primary amides is 1. The van der Waals surface area contributed by atoms with E-state index in [4.69, 9.17) is 28.9 Å². The van der Waals surface area contributed by atoms with Crippen LogP contribution in [-0.4, -0.2) is 16.8 Å². The van der Waals surface area contributed by atoms with Crippen LogP contribution in [0.2, 0.25) is 10.0 Å². The molecule has 0 unspecified atom stereocenters. The van der Waals surface area contributed by atoms with Crippen molar-refractivity contribution < 1.29 is 9.59 Å². The van der Waals surface area contributed by atoms with Gasteiger partial charge in [0.2, 0.25) is 11.8 Å². The Bertz CT molecular complexity index is 688. The number of thiazole rings is 1. The van der Waals surface area contributed by atoms with Crippen molar-refractivity contribution in [3.8, 4) is 0 Å². The van der Waals surface area contributed by atoms with Crippen LogP contribution in [0.15, 0.2) is 23.6 Å². The Morgan fingerprint density at radius 1 is 1.29 bits per heavy atom. The van der Waals surface area contributed by atoms with Crippen LogP contribution in [-0.2, 0) is 22.4 Å². The zero-order chi connectivity index (χ0) is 15.4. The van der Waals surface area contributed by atoms with E-state index >= 15 is 0 Å². The fraction of sp³-hybridized carbons (Fsp3) is 0.154. The van der Waals surface area contributed by atoms with Gasteiger partial charge in [-0.1, -0.05) is 29.3 Å². The van der Waals surface area contributed by atoms with Gasteiger partial charge in [-0.15, -0.1) is 11.3 Å². The van der Waals surface area contributed by atoms with Crippen LogP contribution < -0.4 is 11.1 Å². The number of halogens is 2. The molecule has 3 N–H and O–H groups in total. The molecule has 0 aliphatic rings. The molecule has 2 aromatic rings. The van der Waals surface area contributed by atoms with Crippen molar-refractivity contribution in [3.63, 3.8) is 0 Å². The van der Waals surface area contributed by atoms with Crippen LogP contribution in [0.3, 0.4) is 0 Å². The van der Waals surface area contributed by atoms with Gasteiger partial charge in [0.05, 0.1) is 18.5 Å². The third kappa shape index (κ3) is 4.70. The van der Waals surface area contributed by atoms with Gasteiger partial charge in [0.15, 0.2) is 5.13 Å². The minimum absolute atomic E-state index is 0.0510. The molecule has 2 rings (SSSR count). The molecule has 2 amide bonds. The Kier molecular flexibility index (Phi) is 5.17. The van der Waals surface area contributed by atoms with Crippen molar-refractivity contribution in [1.29, 1.82) is 0 Å². The van der Waals surface area contributed by atoms with Crippen molar-refractivity contribution >= 4 is 51.5 Å². The molecule has 0 atom stereocenters. The zero-order valence-corrected chi connectivity index (χ0v) is 13.1. The second-order valence-electron chi connectivity index (χ2n) is 4.25. The highest BCUT2D eigenvalue weighted by molar-refractivity contribution is 7.13. The number of hydrogen-bond donors (Lipinski definition) is 2. The fourth-order valence-corrected chi connectivity index (χ4v) is 2.83. The lowest BCUT2D eigenvalue weighted by atomic mass is 10.1. The Morgan fingerprint density at radius 2 is 2.05 bits per heavy atom. The molecular formula is C13H11Cl2N3O2S. The predicted octanol–water partition coefficient (Wildman–Crippen LogP) is 2.66. The molecule has 1 heterocycles. The summed E-state index contributed by atoms with van der Waals surface area (Å²) in [5.41, 5.74) is 6.29. The van der Waals surface area contributed by atoms with E-state index in [9.17, 15) is 9.59 Å². The summed E-state index contributed by atoms with van der Waals surface area (Å²) in [6, 6.07) is 4.95. The number of hydrogen-bond acceptors (Lipinski definition) is 4. The maximum Gasteiger partial charge on any atom is 0.230 e. The van der Waals surface area contributed by atoms with Crippen molar-refractivity contribution in [1.82, 2.24) is 4.98 Å². The molecule has 0 saturated heterocycles. The van der Waals surface area contributed by atoms with Gasteiger partial charge in [0, 0.05) is 15.4 Å². The number of amides is 2. The van der Waals surface area contributed by atoms with Gasteiger partial charge in [0.1, 0.15) is 0 Å². The molecule has 8 heteroatoms. The molecule has 1 aromatic heterocycles. The van der Waals surface area contributed by atoms with E-state index in [-0.39, 0.29) is 18.7 Å². The van der Waals surface area contributed by atoms with Crippen LogP contribution in [0.25, 0.3) is 0 Å². The lowest BCUT2D eigenvalue weighted by Crippen LogP contribution is -2.15. The average molecular weight is 344 g/mol. The summed E-state index contributed by atoms with van der Waals surface area (Å²) in [6.07, 6.45) is 0.163. The number of anilines is 1. The largest absolute Gasteiger partial charge is 0.369 e. The molecule has 0 aliphatic carbocycles. The molecular weight excluding hydrogens is 333 g/mol. The number of rotatable bonds is 5. The molecule has 1 aromatic carbocycles. The Balaban J connectivity index is 1.98. The van der Waals surface area contributed by atoms with Gasteiger partial charge >= 0.3 is 0 Å². The first-order chi connectivity index (χ1) is 9.94. The summed E-state index contributed by atoms with van der Waals surface area (Å²) in [5.74, 6) is -0.717. The van der Waals surface area contributed by atoms with E-state index in [2.05, 4.69) is 10.3 Å². The predicted molar refractivity (Wildman–Crippen MR) is 83.8 cm³/mol. The summed E-state index contributed by atoms with van der Waals surface area (Å²) < 4.78 is 0. The molecule has 0 bridgehead atoms. The molecule has 110 valence electrons. The molecule has 5 nitrogen and oxygen atoms in total. The summed E-state index contributed by atoms with van der Waals surface area (Å²) in [6.45, 7) is 0. The first-order valence-electron chi connectivity index (χ1n) is 5.90. The van der Waals surface area contributed by atoms with E-state index in [1.807, 2.05) is 0 Å². The number of aromatic nitrogens is 1. The van der Waals surface area contributed by atoms with Crippen LogP contribution in [0, 0.1) is 0 Å². The lowest BCUT2D eigenvalue weighted by molar-refractivity contribution is -0.117. The summed E-state index contributed by atoms with van der Waals surface area (Å²) in [7, 11) is 0. The fourth-order valence-electron chi connectivity index (χ4n) is 1.63. The number of carbonyl (C=O) groups is 2. The molecule has 0 aliphatic heterocycles. The highest BCUT2D eigenvalue weighted by Gasteiger charge is 2.11. The smallest absolute Gasteiger partial charge is 0.230 e. The van der Waals surface area contributed by atoms with Gasteiger partial charge in [-0.3, -0.25) is 9.59 Å². The maximum atomic E-state index is 11.9. The first-order valence-corrected chi connectivity index (χ1v) is 7.54. The Labute approximate surface area is 135 Å². The van der Waals surface area contributed by atoms with Crippen LogP contribution >= 0.6 is 34.5 Å². The van der Waals surface area contributed by atoms with E-state index in [0.717, 1.165) is 0 Å². The second-order valence-corrected chi connectivity index (χ2v) is 5.95. The third-order valence-electron chi connectivity index (χ3n) is 2.52. The van der Waals surface area contributed by atoms with E-state index in [1.165, 1.54) is 11.3 Å². The summed E-state index contributed by atoms with van der Waals surface area (Å²) in [4.78, 5) is 26.8. The maximum absolute atomic E-state index is 11.9. The average Bonchev–Trinajstić information content (AvgIpc) is 2.79. The van der Waals surface area contributed by atoms with Crippen LogP contribution in [0.4, 0.5) is 5.13 Å². The SMILES string of the molecule is NC(=O)Cc1csc(NC(=O)Cc2ccc(Cl)cc2Cl)n1. The van der Waals surface area contributed by atoms with Gasteiger partial charge < -0.3 is 11.1 Å². The first kappa shape index (κ1) is 15.8. The zero-order valence-electron chi connectivity index (χ0n) is 10.7. The monoisotopic (exact) mass is 343 g/mol. The van der Waals surface area contributed by atoms with Crippen molar-refractivity contribution in [3.05, 3.63) is 44.9 Å². The van der Waals surface area contributed by atoms with Crippen LogP contribution in [0.5, 0.6) is 0 Å². The number of carbonyl (C=O) groups excluding carboxylic acids is 2. The quantitative estimate of drug-likeness (QED) is 0.874. The molecule has 0 saturated carbocycles. The molecule has 21 heavy (non-hydrogen) atoms. The van der Waals surface area contributed by atoms with Gasteiger partial charge in [0.25, 0.3) is 0 Å².